The number of alkyl halides is 2. The predicted octanol–water partition coefficient (Wildman–Crippen LogP) is 2.78. The van der Waals surface area contributed by atoms with Gasteiger partial charge in [0.1, 0.15) is 29.7 Å². The monoisotopic (exact) mass is 404 g/mol. The Hall–Kier alpha value is -2.94. The molecule has 154 valence electrons. The Bertz CT molecular complexity index is 1040. The van der Waals surface area contributed by atoms with Gasteiger partial charge in [0.05, 0.1) is 11.3 Å². The van der Waals surface area contributed by atoms with Gasteiger partial charge in [-0.25, -0.2) is 8.78 Å². The van der Waals surface area contributed by atoms with Gasteiger partial charge in [-0.1, -0.05) is 0 Å². The Morgan fingerprint density at radius 1 is 1.45 bits per heavy atom. The number of carbonyl (C=O) groups excluding carboxylic acids is 1. The molecule has 0 aliphatic carbocycles. The number of ether oxygens (including phenoxy) is 1. The van der Waals surface area contributed by atoms with Crippen LogP contribution in [0.2, 0.25) is 0 Å². The second-order valence-electron chi connectivity index (χ2n) is 7.17. The number of rotatable bonds is 5. The third-order valence-electron chi connectivity index (χ3n) is 5.17. The summed E-state index contributed by atoms with van der Waals surface area (Å²) in [6, 6.07) is 5.71. The van der Waals surface area contributed by atoms with Gasteiger partial charge >= 0.3 is 0 Å². The summed E-state index contributed by atoms with van der Waals surface area (Å²) in [7, 11) is 1.82. The van der Waals surface area contributed by atoms with Gasteiger partial charge in [-0.2, -0.15) is 5.10 Å². The van der Waals surface area contributed by atoms with Gasteiger partial charge in [0.25, 0.3) is 11.8 Å². The number of benzene rings is 1. The van der Waals surface area contributed by atoms with E-state index in [1.54, 1.807) is 36.0 Å². The van der Waals surface area contributed by atoms with Crippen molar-refractivity contribution in [3.05, 3.63) is 47.5 Å². The Kier molecular flexibility index (Phi) is 4.99. The summed E-state index contributed by atoms with van der Waals surface area (Å²) >= 11 is 0. The average molecular weight is 404 g/mol. The van der Waals surface area contributed by atoms with E-state index in [0.717, 1.165) is 5.69 Å². The van der Waals surface area contributed by atoms with E-state index in [4.69, 9.17) is 9.15 Å². The second kappa shape index (κ2) is 7.47. The average Bonchev–Trinajstić information content (AvgIpc) is 3.23. The highest BCUT2D eigenvalue weighted by Gasteiger charge is 2.42. The number of piperidine rings is 1. The first kappa shape index (κ1) is 19.4. The lowest BCUT2D eigenvalue weighted by molar-refractivity contribution is -0.0542. The summed E-state index contributed by atoms with van der Waals surface area (Å²) < 4.78 is 41.4. The minimum atomic E-state index is -2.95. The van der Waals surface area contributed by atoms with Crippen LogP contribution in [0.1, 0.15) is 28.2 Å². The van der Waals surface area contributed by atoms with Crippen LogP contribution in [0.5, 0.6) is 5.75 Å². The maximum Gasteiger partial charge on any atom is 0.270 e. The van der Waals surface area contributed by atoms with E-state index in [1.165, 1.54) is 0 Å². The van der Waals surface area contributed by atoms with E-state index in [2.05, 4.69) is 15.7 Å². The molecule has 0 bridgehead atoms. The van der Waals surface area contributed by atoms with Crippen LogP contribution in [0.15, 0.2) is 34.9 Å². The van der Waals surface area contributed by atoms with Crippen LogP contribution in [0.3, 0.4) is 0 Å². The molecule has 3 heterocycles. The predicted molar refractivity (Wildman–Crippen MR) is 102 cm³/mol. The van der Waals surface area contributed by atoms with Crippen LogP contribution >= 0.6 is 0 Å². The molecule has 29 heavy (non-hydrogen) atoms. The van der Waals surface area contributed by atoms with Crippen LogP contribution in [-0.4, -0.2) is 40.7 Å². The number of aromatic nitrogens is 2. The van der Waals surface area contributed by atoms with Crippen molar-refractivity contribution in [2.24, 2.45) is 7.05 Å². The molecule has 9 heteroatoms. The quantitative estimate of drug-likeness (QED) is 0.684. The molecule has 2 N–H and O–H groups in total. The highest BCUT2D eigenvalue weighted by Crippen LogP contribution is 2.31. The van der Waals surface area contributed by atoms with Gasteiger partial charge in [0.15, 0.2) is 0 Å². The Morgan fingerprint density at radius 3 is 3.00 bits per heavy atom. The molecule has 1 unspecified atom stereocenters. The van der Waals surface area contributed by atoms with Crippen LogP contribution in [0.25, 0.3) is 11.0 Å². The number of nitrogens with one attached hydrogen (secondary N) is 2. The fourth-order valence-electron chi connectivity index (χ4n) is 3.48. The smallest absolute Gasteiger partial charge is 0.270 e. The van der Waals surface area contributed by atoms with Crippen molar-refractivity contribution in [3.8, 4) is 5.75 Å². The number of halogens is 2. The molecule has 4 rings (SSSR count). The van der Waals surface area contributed by atoms with Crippen molar-refractivity contribution in [3.63, 3.8) is 0 Å². The number of furan rings is 1. The van der Waals surface area contributed by atoms with E-state index in [9.17, 15) is 13.6 Å². The first-order chi connectivity index (χ1) is 13.8. The lowest BCUT2D eigenvalue weighted by Gasteiger charge is -2.32. The van der Waals surface area contributed by atoms with E-state index < -0.39 is 17.9 Å². The van der Waals surface area contributed by atoms with Gasteiger partial charge < -0.3 is 19.8 Å². The van der Waals surface area contributed by atoms with Crippen LogP contribution in [-0.2, 0) is 13.7 Å². The van der Waals surface area contributed by atoms with E-state index in [-0.39, 0.29) is 25.1 Å². The number of hydrogen-bond acceptors (Lipinski definition) is 5. The van der Waals surface area contributed by atoms with Crippen molar-refractivity contribution in [2.75, 3.05) is 13.1 Å². The normalized spacial score (nSPS) is 18.7. The molecule has 1 atom stereocenters. The molecule has 0 spiro atoms. The van der Waals surface area contributed by atoms with Crippen molar-refractivity contribution in [2.45, 2.75) is 31.9 Å². The maximum absolute atomic E-state index is 14.1. The molecule has 1 fully saturated rings. The van der Waals surface area contributed by atoms with Crippen LogP contribution < -0.4 is 15.4 Å². The van der Waals surface area contributed by atoms with E-state index >= 15 is 0 Å². The zero-order valence-corrected chi connectivity index (χ0v) is 16.2. The van der Waals surface area contributed by atoms with Crippen LogP contribution in [0.4, 0.5) is 8.78 Å². The second-order valence-corrected chi connectivity index (χ2v) is 7.17. The van der Waals surface area contributed by atoms with Gasteiger partial charge in [0.2, 0.25) is 0 Å². The molecule has 1 amide bonds. The van der Waals surface area contributed by atoms with Gasteiger partial charge in [-0.3, -0.25) is 9.48 Å². The first-order valence-corrected chi connectivity index (χ1v) is 9.37. The molecular weight excluding hydrogens is 382 g/mol. The third-order valence-corrected chi connectivity index (χ3v) is 5.17. The summed E-state index contributed by atoms with van der Waals surface area (Å²) in [5.74, 6) is -2.63. The number of amides is 1. The topological polar surface area (TPSA) is 81.3 Å². The van der Waals surface area contributed by atoms with Crippen molar-refractivity contribution in [1.82, 2.24) is 20.4 Å². The molecule has 1 saturated heterocycles. The minimum absolute atomic E-state index is 0.0205. The fraction of sp³-hybridized carbons (Fsp3) is 0.400. The Labute approximate surface area is 166 Å². The number of hydrogen-bond donors (Lipinski definition) is 2. The SMILES string of the molecule is Cc1oc2ccc(OCc3ccnn3C)cc2c1C(=O)NC1CNCCC1(F)F. The van der Waals surface area contributed by atoms with Crippen LogP contribution in [0, 0.1) is 6.92 Å². The number of carbonyl (C=O) groups is 1. The molecule has 1 aromatic carbocycles. The summed E-state index contributed by atoms with van der Waals surface area (Å²) in [5, 5.41) is 9.97. The molecular formula is C20H22F2N4O3. The lowest BCUT2D eigenvalue weighted by atomic mass is 10.0. The van der Waals surface area contributed by atoms with E-state index in [0.29, 0.717) is 29.1 Å². The molecule has 1 aliphatic heterocycles. The number of aryl methyl sites for hydroxylation is 2. The number of nitrogens with zero attached hydrogens (tertiary/aromatic N) is 2. The molecule has 7 nitrogen and oxygen atoms in total. The zero-order chi connectivity index (χ0) is 20.6. The Morgan fingerprint density at radius 2 is 2.28 bits per heavy atom. The van der Waals surface area contributed by atoms with Gasteiger partial charge in [-0.15, -0.1) is 0 Å². The highest BCUT2D eigenvalue weighted by molar-refractivity contribution is 6.07. The molecule has 2 aromatic heterocycles. The van der Waals surface area contributed by atoms with Crippen molar-refractivity contribution in [1.29, 1.82) is 0 Å². The maximum atomic E-state index is 14.1. The summed E-state index contributed by atoms with van der Waals surface area (Å²) in [6.07, 6.45) is 1.37. The summed E-state index contributed by atoms with van der Waals surface area (Å²) in [6.45, 7) is 2.19. The summed E-state index contributed by atoms with van der Waals surface area (Å²) in [5.41, 5.74) is 1.62. The van der Waals surface area contributed by atoms with Gasteiger partial charge in [0, 0.05) is 38.1 Å². The largest absolute Gasteiger partial charge is 0.487 e. The van der Waals surface area contributed by atoms with Gasteiger partial charge in [-0.05, 0) is 31.2 Å². The molecule has 0 saturated carbocycles. The molecule has 0 radical (unpaired) electrons. The van der Waals surface area contributed by atoms with E-state index in [1.807, 2.05) is 13.1 Å². The molecule has 3 aromatic rings. The first-order valence-electron chi connectivity index (χ1n) is 9.37. The lowest BCUT2D eigenvalue weighted by Crippen LogP contribution is -2.57. The highest BCUT2D eigenvalue weighted by atomic mass is 19.3. The minimum Gasteiger partial charge on any atom is -0.487 e. The fourth-order valence-corrected chi connectivity index (χ4v) is 3.48. The van der Waals surface area contributed by atoms with Crippen molar-refractivity contribution >= 4 is 16.9 Å². The molecule has 1 aliphatic rings. The summed E-state index contributed by atoms with van der Waals surface area (Å²) in [4.78, 5) is 12.8. The zero-order valence-electron chi connectivity index (χ0n) is 16.2. The van der Waals surface area contributed by atoms with Crippen molar-refractivity contribution < 1.29 is 22.7 Å². The Balaban J connectivity index is 1.57. The number of fused-ring (bicyclic) bond motifs is 1. The third kappa shape index (κ3) is 3.82. The standard InChI is InChI=1S/C20H22F2N4O3/c1-12-18(19(27)25-17-10-23-8-6-20(17,21)22)15-9-14(3-4-16(15)29-12)28-11-13-5-7-24-26(13)2/h3-5,7,9,17,23H,6,8,10-11H2,1-2H3,(H,25,27).